The second-order valence-corrected chi connectivity index (χ2v) is 5.05. The maximum Gasteiger partial charge on any atom is 0.273 e. The van der Waals surface area contributed by atoms with Crippen molar-refractivity contribution in [2.75, 3.05) is 7.11 Å². The lowest BCUT2D eigenvalue weighted by Gasteiger charge is -2.16. The van der Waals surface area contributed by atoms with E-state index in [9.17, 15) is 10.1 Å². The lowest BCUT2D eigenvalue weighted by Crippen LogP contribution is -2.13. The largest absolute Gasteiger partial charge is 0.493 e. The molecule has 1 unspecified atom stereocenters. The van der Waals surface area contributed by atoms with Crippen LogP contribution in [0.15, 0.2) is 48.5 Å². The van der Waals surface area contributed by atoms with Crippen LogP contribution in [0.5, 0.6) is 11.5 Å². The molecule has 2 rings (SSSR count). The summed E-state index contributed by atoms with van der Waals surface area (Å²) in [5.41, 5.74) is 1.23. The number of non-ortho nitro benzene ring substituents is 1. The second-order valence-electron chi connectivity index (χ2n) is 5.05. The lowest BCUT2D eigenvalue weighted by molar-refractivity contribution is -0.385. The van der Waals surface area contributed by atoms with Crippen LogP contribution in [0, 0.1) is 10.1 Å². The van der Waals surface area contributed by atoms with Gasteiger partial charge in [-0.15, -0.1) is 0 Å². The highest BCUT2D eigenvalue weighted by Gasteiger charge is 2.15. The highest BCUT2D eigenvalue weighted by molar-refractivity contribution is 5.48. The topological polar surface area (TPSA) is 61.6 Å². The van der Waals surface area contributed by atoms with Crippen LogP contribution in [0.2, 0.25) is 0 Å². The van der Waals surface area contributed by atoms with Crippen molar-refractivity contribution >= 4 is 5.69 Å². The first kappa shape index (κ1) is 15.8. The van der Waals surface area contributed by atoms with Crippen molar-refractivity contribution in [1.82, 2.24) is 0 Å². The molecule has 0 bridgehead atoms. The molecule has 22 heavy (non-hydrogen) atoms. The Labute approximate surface area is 129 Å². The molecular formula is C17H19NO4. The van der Waals surface area contributed by atoms with Gasteiger partial charge < -0.3 is 9.47 Å². The number of nitro groups is 1. The Morgan fingerprint density at radius 1 is 1.14 bits per heavy atom. The number of hydrogen-bond donors (Lipinski definition) is 0. The first-order valence-corrected chi connectivity index (χ1v) is 7.13. The molecule has 2 aromatic rings. The quantitative estimate of drug-likeness (QED) is 0.573. The van der Waals surface area contributed by atoms with Crippen molar-refractivity contribution in [3.8, 4) is 11.5 Å². The highest BCUT2D eigenvalue weighted by atomic mass is 16.6. The molecule has 116 valence electrons. The Morgan fingerprint density at radius 3 is 2.50 bits per heavy atom. The highest BCUT2D eigenvalue weighted by Crippen LogP contribution is 2.32. The third-order valence-electron chi connectivity index (χ3n) is 3.37. The molecule has 0 aliphatic heterocycles. The van der Waals surface area contributed by atoms with E-state index in [4.69, 9.17) is 9.47 Å². The molecule has 0 spiro atoms. The molecule has 0 amide bonds. The summed E-state index contributed by atoms with van der Waals surface area (Å²) in [5, 5.41) is 10.9. The van der Waals surface area contributed by atoms with Crippen LogP contribution in [0.1, 0.15) is 18.9 Å². The summed E-state index contributed by atoms with van der Waals surface area (Å²) >= 11 is 0. The van der Waals surface area contributed by atoms with Crippen LogP contribution in [0.25, 0.3) is 0 Å². The Balaban J connectivity index is 2.02. The standard InChI is InChI=1S/C17H19NO4/c1-13(8-9-14-6-4-3-5-7-14)22-17-12-15(18(19)20)10-11-16(17)21-2/h3-7,10-13H,8-9H2,1-2H3. The van der Waals surface area contributed by atoms with E-state index in [-0.39, 0.29) is 11.8 Å². The number of ether oxygens (including phenoxy) is 2. The molecule has 0 fully saturated rings. The molecule has 0 saturated heterocycles. The first-order valence-electron chi connectivity index (χ1n) is 7.13. The predicted molar refractivity (Wildman–Crippen MR) is 84.5 cm³/mol. The minimum atomic E-state index is -0.444. The summed E-state index contributed by atoms with van der Waals surface area (Å²) in [6.45, 7) is 1.95. The normalized spacial score (nSPS) is 11.7. The predicted octanol–water partition coefficient (Wildman–Crippen LogP) is 4.00. The summed E-state index contributed by atoms with van der Waals surface area (Å²) in [6, 6.07) is 14.5. The molecule has 5 heteroatoms. The van der Waals surface area contributed by atoms with Crippen LogP contribution in [-0.4, -0.2) is 18.1 Å². The Hall–Kier alpha value is -2.56. The van der Waals surface area contributed by atoms with E-state index in [1.54, 1.807) is 6.07 Å². The molecule has 1 atom stereocenters. The fourth-order valence-corrected chi connectivity index (χ4v) is 2.16. The first-order chi connectivity index (χ1) is 10.6. The van der Waals surface area contributed by atoms with Gasteiger partial charge in [-0.2, -0.15) is 0 Å². The van der Waals surface area contributed by atoms with Gasteiger partial charge in [0.1, 0.15) is 0 Å². The number of aryl methyl sites for hydroxylation is 1. The number of rotatable bonds is 7. The van der Waals surface area contributed by atoms with E-state index in [2.05, 4.69) is 12.1 Å². The third-order valence-corrected chi connectivity index (χ3v) is 3.37. The van der Waals surface area contributed by atoms with E-state index in [1.807, 2.05) is 25.1 Å². The van der Waals surface area contributed by atoms with E-state index in [0.717, 1.165) is 12.8 Å². The number of methoxy groups -OCH3 is 1. The average Bonchev–Trinajstić information content (AvgIpc) is 2.53. The van der Waals surface area contributed by atoms with Gasteiger partial charge in [0.05, 0.1) is 24.2 Å². The third kappa shape index (κ3) is 4.22. The Kier molecular flexibility index (Phi) is 5.36. The van der Waals surface area contributed by atoms with Crippen molar-refractivity contribution in [3.05, 3.63) is 64.2 Å². The molecular weight excluding hydrogens is 282 g/mol. The summed E-state index contributed by atoms with van der Waals surface area (Å²) in [4.78, 5) is 10.4. The zero-order valence-electron chi connectivity index (χ0n) is 12.7. The monoisotopic (exact) mass is 301 g/mol. The van der Waals surface area contributed by atoms with E-state index < -0.39 is 4.92 Å². The van der Waals surface area contributed by atoms with Crippen molar-refractivity contribution in [1.29, 1.82) is 0 Å². The fraction of sp³-hybridized carbons (Fsp3) is 0.294. The van der Waals surface area contributed by atoms with Gasteiger partial charge in [0, 0.05) is 6.07 Å². The van der Waals surface area contributed by atoms with Crippen LogP contribution >= 0.6 is 0 Å². The minimum absolute atomic E-state index is 0.00828. The maximum atomic E-state index is 10.9. The number of nitrogens with zero attached hydrogens (tertiary/aromatic N) is 1. The van der Waals surface area contributed by atoms with E-state index in [0.29, 0.717) is 11.5 Å². The van der Waals surface area contributed by atoms with Gasteiger partial charge in [0.25, 0.3) is 5.69 Å². The minimum Gasteiger partial charge on any atom is -0.493 e. The SMILES string of the molecule is COc1ccc([N+](=O)[O-])cc1OC(C)CCc1ccccc1. The molecule has 0 N–H and O–H groups in total. The van der Waals surface area contributed by atoms with Gasteiger partial charge >= 0.3 is 0 Å². The molecule has 0 radical (unpaired) electrons. The van der Waals surface area contributed by atoms with Crippen molar-refractivity contribution < 1.29 is 14.4 Å². The van der Waals surface area contributed by atoms with Crippen molar-refractivity contribution in [2.45, 2.75) is 25.9 Å². The van der Waals surface area contributed by atoms with Gasteiger partial charge in [-0.25, -0.2) is 0 Å². The van der Waals surface area contributed by atoms with Crippen LogP contribution in [0.3, 0.4) is 0 Å². The maximum absolute atomic E-state index is 10.9. The zero-order valence-corrected chi connectivity index (χ0v) is 12.7. The van der Waals surface area contributed by atoms with Gasteiger partial charge in [-0.1, -0.05) is 30.3 Å². The smallest absolute Gasteiger partial charge is 0.273 e. The summed E-state index contributed by atoms with van der Waals surface area (Å²) < 4.78 is 11.0. The molecule has 0 aliphatic rings. The van der Waals surface area contributed by atoms with Crippen molar-refractivity contribution in [3.63, 3.8) is 0 Å². The van der Waals surface area contributed by atoms with Crippen LogP contribution in [-0.2, 0) is 6.42 Å². The van der Waals surface area contributed by atoms with Crippen LogP contribution in [0.4, 0.5) is 5.69 Å². The van der Waals surface area contributed by atoms with Gasteiger partial charge in [-0.05, 0) is 31.4 Å². The molecule has 5 nitrogen and oxygen atoms in total. The number of nitro benzene ring substituents is 1. The molecule has 0 aliphatic carbocycles. The summed E-state index contributed by atoms with van der Waals surface area (Å²) in [7, 11) is 1.52. The Morgan fingerprint density at radius 2 is 1.86 bits per heavy atom. The lowest BCUT2D eigenvalue weighted by atomic mass is 10.1. The van der Waals surface area contributed by atoms with Crippen molar-refractivity contribution in [2.24, 2.45) is 0 Å². The summed E-state index contributed by atoms with van der Waals surface area (Å²) in [6.07, 6.45) is 1.63. The molecule has 0 saturated carbocycles. The zero-order chi connectivity index (χ0) is 15.9. The van der Waals surface area contributed by atoms with Gasteiger partial charge in [0.2, 0.25) is 0 Å². The van der Waals surface area contributed by atoms with Crippen LogP contribution < -0.4 is 9.47 Å². The second kappa shape index (κ2) is 7.45. The van der Waals surface area contributed by atoms with Gasteiger partial charge in [0.15, 0.2) is 11.5 Å². The number of hydrogen-bond acceptors (Lipinski definition) is 4. The molecule has 0 heterocycles. The van der Waals surface area contributed by atoms with E-state index in [1.165, 1.54) is 24.8 Å². The molecule has 0 aromatic heterocycles. The fourth-order valence-electron chi connectivity index (χ4n) is 2.16. The Bertz CT molecular complexity index is 628. The van der Waals surface area contributed by atoms with E-state index >= 15 is 0 Å². The molecule has 2 aromatic carbocycles. The summed E-state index contributed by atoms with van der Waals surface area (Å²) in [5.74, 6) is 0.898. The van der Waals surface area contributed by atoms with Gasteiger partial charge in [-0.3, -0.25) is 10.1 Å². The average molecular weight is 301 g/mol. The number of benzene rings is 2.